The van der Waals surface area contributed by atoms with E-state index in [0.717, 1.165) is 12.2 Å². The quantitative estimate of drug-likeness (QED) is 0.579. The third kappa shape index (κ3) is 6.63. The van der Waals surface area contributed by atoms with E-state index < -0.39 is 6.04 Å². The number of hydrogen-bond acceptors (Lipinski definition) is 4. The molecular weight excluding hydrogens is 415 g/mol. The van der Waals surface area contributed by atoms with Gasteiger partial charge in [-0.15, -0.1) is 36.2 Å². The smallest absolute Gasteiger partial charge is 0.240 e. The highest BCUT2D eigenvalue weighted by atomic mass is 35.5. The average Bonchev–Trinajstić information content (AvgIpc) is 3.32. The zero-order chi connectivity index (χ0) is 18.4. The number of halogens is 2. The number of imidazole rings is 1. The van der Waals surface area contributed by atoms with E-state index in [1.165, 1.54) is 10.4 Å². The lowest BCUT2D eigenvalue weighted by Gasteiger charge is -2.23. The highest BCUT2D eigenvalue weighted by molar-refractivity contribution is 7.09. The Balaban J connectivity index is 0.00000196. The molecule has 5 nitrogen and oxygen atoms in total. The minimum Gasteiger partial charge on any atom is -0.336 e. The maximum Gasteiger partial charge on any atom is 0.240 e. The fraction of sp³-hybridized carbons (Fsp3) is 0.300. The lowest BCUT2D eigenvalue weighted by atomic mass is 10.1. The summed E-state index contributed by atoms with van der Waals surface area (Å²) in [5.74, 6) is -0.0292. The maximum absolute atomic E-state index is 12.7. The Morgan fingerprint density at radius 2 is 1.96 bits per heavy atom. The molecule has 1 amide bonds. The number of likely N-dealkylation sites (N-methyl/N-ethyl adjacent to an activating group) is 1. The first-order valence-corrected chi connectivity index (χ1v) is 9.65. The van der Waals surface area contributed by atoms with Crippen molar-refractivity contribution in [2.75, 3.05) is 6.54 Å². The Morgan fingerprint density at radius 3 is 2.61 bits per heavy atom. The molecule has 0 aliphatic heterocycles. The van der Waals surface area contributed by atoms with Crippen LogP contribution in [0.15, 0.2) is 60.4 Å². The molecule has 2 aromatic heterocycles. The van der Waals surface area contributed by atoms with Gasteiger partial charge in [0, 0.05) is 30.6 Å². The minimum atomic E-state index is -0.574. The van der Waals surface area contributed by atoms with Crippen LogP contribution in [0, 0.1) is 0 Å². The normalized spacial score (nSPS) is 11.2. The number of carbonyl (C=O) groups excluding carboxylic acids is 1. The van der Waals surface area contributed by atoms with Crippen LogP contribution in [0.1, 0.15) is 23.1 Å². The SMILES string of the molecule is CCN(Cc1cccs1)C(=O)[C@@H](N)Cc1cn(Cc2ccccc2)cn1.Cl.Cl. The standard InChI is InChI=1S/C20H24N4OS.2ClH/c1-2-24(14-18-9-6-10-26-18)20(25)19(21)11-17-13-23(15-22-17)12-16-7-4-3-5-8-16;;/h3-10,13,15,19H,2,11-12,14,21H2,1H3;2*1H/t19-;;/m0../s1. The molecular formula is C20H26Cl2N4OS. The average molecular weight is 441 g/mol. The van der Waals surface area contributed by atoms with Gasteiger partial charge in [-0.25, -0.2) is 4.98 Å². The van der Waals surface area contributed by atoms with Crippen molar-refractivity contribution in [1.82, 2.24) is 14.5 Å². The molecule has 8 heteroatoms. The Kier molecular flexibility index (Phi) is 10.2. The second-order valence-electron chi connectivity index (χ2n) is 6.27. The molecule has 1 aromatic carbocycles. The van der Waals surface area contributed by atoms with Crippen LogP contribution in [0.25, 0.3) is 0 Å². The van der Waals surface area contributed by atoms with Crippen molar-refractivity contribution in [3.05, 3.63) is 76.5 Å². The topological polar surface area (TPSA) is 64.2 Å². The van der Waals surface area contributed by atoms with Gasteiger partial charge in [0.1, 0.15) is 0 Å². The highest BCUT2D eigenvalue weighted by Gasteiger charge is 2.21. The zero-order valence-corrected chi connectivity index (χ0v) is 18.2. The van der Waals surface area contributed by atoms with Gasteiger partial charge in [-0.2, -0.15) is 0 Å². The summed E-state index contributed by atoms with van der Waals surface area (Å²) in [6, 6.07) is 13.7. The Morgan fingerprint density at radius 1 is 1.21 bits per heavy atom. The van der Waals surface area contributed by atoms with Gasteiger partial charge in [-0.05, 0) is 23.9 Å². The first-order valence-electron chi connectivity index (χ1n) is 8.77. The van der Waals surface area contributed by atoms with Crippen LogP contribution < -0.4 is 5.73 Å². The van der Waals surface area contributed by atoms with Gasteiger partial charge in [0.2, 0.25) is 5.91 Å². The summed E-state index contributed by atoms with van der Waals surface area (Å²) in [6.07, 6.45) is 4.21. The van der Waals surface area contributed by atoms with Crippen LogP contribution in [-0.4, -0.2) is 32.9 Å². The molecule has 0 spiro atoms. The molecule has 3 aromatic rings. The van der Waals surface area contributed by atoms with E-state index in [-0.39, 0.29) is 30.7 Å². The van der Waals surface area contributed by atoms with Crippen LogP contribution in [0.4, 0.5) is 0 Å². The molecule has 28 heavy (non-hydrogen) atoms. The van der Waals surface area contributed by atoms with Crippen molar-refractivity contribution in [3.8, 4) is 0 Å². The summed E-state index contributed by atoms with van der Waals surface area (Å²) in [6.45, 7) is 4.00. The largest absolute Gasteiger partial charge is 0.336 e. The van der Waals surface area contributed by atoms with Gasteiger partial charge >= 0.3 is 0 Å². The number of hydrogen-bond donors (Lipinski definition) is 1. The molecule has 0 radical (unpaired) electrons. The van der Waals surface area contributed by atoms with Crippen molar-refractivity contribution in [3.63, 3.8) is 0 Å². The predicted molar refractivity (Wildman–Crippen MR) is 119 cm³/mol. The molecule has 0 fully saturated rings. The van der Waals surface area contributed by atoms with Gasteiger partial charge in [0.05, 0.1) is 24.6 Å². The maximum atomic E-state index is 12.7. The Labute approximate surface area is 182 Å². The molecule has 3 rings (SSSR count). The first kappa shape index (κ1) is 24.2. The minimum absolute atomic E-state index is 0. The van der Waals surface area contributed by atoms with Gasteiger partial charge in [-0.1, -0.05) is 36.4 Å². The second kappa shape index (κ2) is 11.9. The van der Waals surface area contributed by atoms with E-state index >= 15 is 0 Å². The molecule has 1 atom stereocenters. The fourth-order valence-electron chi connectivity index (χ4n) is 2.88. The lowest BCUT2D eigenvalue weighted by molar-refractivity contribution is -0.132. The number of rotatable bonds is 8. The Hall–Kier alpha value is -1.86. The number of amides is 1. The van der Waals surface area contributed by atoms with Gasteiger partial charge in [-0.3, -0.25) is 4.79 Å². The number of aromatic nitrogens is 2. The fourth-order valence-corrected chi connectivity index (χ4v) is 3.60. The molecule has 0 aliphatic rings. The van der Waals surface area contributed by atoms with E-state index in [1.807, 2.05) is 53.4 Å². The number of nitrogens with zero attached hydrogens (tertiary/aromatic N) is 3. The molecule has 152 valence electrons. The van der Waals surface area contributed by atoms with Crippen molar-refractivity contribution in [2.45, 2.75) is 32.5 Å². The van der Waals surface area contributed by atoms with Gasteiger partial charge in [0.25, 0.3) is 0 Å². The lowest BCUT2D eigenvalue weighted by Crippen LogP contribution is -2.44. The summed E-state index contributed by atoms with van der Waals surface area (Å²) in [4.78, 5) is 20.1. The summed E-state index contributed by atoms with van der Waals surface area (Å²) >= 11 is 1.65. The summed E-state index contributed by atoms with van der Waals surface area (Å²) in [5.41, 5.74) is 8.23. The van der Waals surface area contributed by atoms with Crippen molar-refractivity contribution < 1.29 is 4.79 Å². The Bertz CT molecular complexity index is 824. The molecule has 0 unspecified atom stereocenters. The summed E-state index contributed by atoms with van der Waals surface area (Å²) < 4.78 is 2.02. The van der Waals surface area contributed by atoms with Crippen LogP contribution in [0.2, 0.25) is 0 Å². The van der Waals surface area contributed by atoms with Crippen LogP contribution >= 0.6 is 36.2 Å². The molecule has 2 N–H and O–H groups in total. The van der Waals surface area contributed by atoms with Crippen LogP contribution in [-0.2, 0) is 24.3 Å². The van der Waals surface area contributed by atoms with E-state index in [9.17, 15) is 4.79 Å². The number of benzene rings is 1. The molecule has 2 heterocycles. The van der Waals surface area contributed by atoms with Gasteiger partial charge in [0.15, 0.2) is 0 Å². The summed E-state index contributed by atoms with van der Waals surface area (Å²) in [5, 5.41) is 2.02. The van der Waals surface area contributed by atoms with E-state index in [4.69, 9.17) is 5.73 Å². The van der Waals surface area contributed by atoms with E-state index in [2.05, 4.69) is 17.1 Å². The second-order valence-corrected chi connectivity index (χ2v) is 7.30. The summed E-state index contributed by atoms with van der Waals surface area (Å²) in [7, 11) is 0. The highest BCUT2D eigenvalue weighted by Crippen LogP contribution is 2.13. The number of carbonyl (C=O) groups is 1. The third-order valence-electron chi connectivity index (χ3n) is 4.26. The van der Waals surface area contributed by atoms with Crippen molar-refractivity contribution in [1.29, 1.82) is 0 Å². The third-order valence-corrected chi connectivity index (χ3v) is 5.12. The molecule has 0 saturated carbocycles. The van der Waals surface area contributed by atoms with E-state index in [1.54, 1.807) is 22.6 Å². The van der Waals surface area contributed by atoms with Crippen molar-refractivity contribution >= 4 is 42.1 Å². The van der Waals surface area contributed by atoms with Crippen molar-refractivity contribution in [2.24, 2.45) is 5.73 Å². The first-order chi connectivity index (χ1) is 12.7. The predicted octanol–water partition coefficient (Wildman–Crippen LogP) is 3.76. The monoisotopic (exact) mass is 440 g/mol. The van der Waals surface area contributed by atoms with E-state index in [0.29, 0.717) is 19.5 Å². The van der Waals surface area contributed by atoms with Crippen LogP contribution in [0.5, 0.6) is 0 Å². The van der Waals surface area contributed by atoms with Gasteiger partial charge < -0.3 is 15.2 Å². The molecule has 0 aliphatic carbocycles. The van der Waals surface area contributed by atoms with Crippen LogP contribution in [0.3, 0.4) is 0 Å². The molecule has 0 saturated heterocycles. The number of nitrogens with two attached hydrogens (primary N) is 1. The number of thiophene rings is 1. The zero-order valence-electron chi connectivity index (χ0n) is 15.7. The molecule has 0 bridgehead atoms.